The van der Waals surface area contributed by atoms with E-state index < -0.39 is 0 Å². The molecule has 1 unspecified atom stereocenters. The Hall–Kier alpha value is 0.400. The summed E-state index contributed by atoms with van der Waals surface area (Å²) in [5.74, 6) is 1.75. The van der Waals surface area contributed by atoms with Crippen molar-refractivity contribution in [2.75, 3.05) is 45.6 Å². The first-order valence-electron chi connectivity index (χ1n) is 7.08. The lowest BCUT2D eigenvalue weighted by Gasteiger charge is -2.32. The SMILES string of the molecule is CCCC(CBr)CN(C)CC1CCN(C)CC1. The predicted octanol–water partition coefficient (Wildman–Crippen LogP) is 3.07. The van der Waals surface area contributed by atoms with Crippen LogP contribution in [0.15, 0.2) is 0 Å². The summed E-state index contributed by atoms with van der Waals surface area (Å²) in [5.41, 5.74) is 0. The third-order valence-electron chi connectivity index (χ3n) is 3.89. The first kappa shape index (κ1) is 15.5. The molecule has 0 saturated carbocycles. The van der Waals surface area contributed by atoms with Crippen molar-refractivity contribution in [1.29, 1.82) is 0 Å². The zero-order valence-electron chi connectivity index (χ0n) is 11.8. The van der Waals surface area contributed by atoms with Crippen molar-refractivity contribution in [1.82, 2.24) is 9.80 Å². The first-order chi connectivity index (χ1) is 8.15. The zero-order chi connectivity index (χ0) is 12.7. The monoisotopic (exact) mass is 304 g/mol. The summed E-state index contributed by atoms with van der Waals surface area (Å²) >= 11 is 3.65. The van der Waals surface area contributed by atoms with E-state index in [2.05, 4.69) is 46.7 Å². The van der Waals surface area contributed by atoms with Crippen LogP contribution in [0.1, 0.15) is 32.6 Å². The number of halogens is 1. The summed E-state index contributed by atoms with van der Waals surface area (Å²) in [6.45, 7) is 7.41. The van der Waals surface area contributed by atoms with Crippen LogP contribution in [0.25, 0.3) is 0 Å². The highest BCUT2D eigenvalue weighted by Gasteiger charge is 2.19. The number of likely N-dealkylation sites (tertiary alicyclic amines) is 1. The molecular formula is C14H29BrN2. The van der Waals surface area contributed by atoms with Gasteiger partial charge in [0.25, 0.3) is 0 Å². The van der Waals surface area contributed by atoms with Crippen molar-refractivity contribution in [2.45, 2.75) is 32.6 Å². The molecule has 0 aliphatic carbocycles. The van der Waals surface area contributed by atoms with Gasteiger partial charge in [0.1, 0.15) is 0 Å². The van der Waals surface area contributed by atoms with Gasteiger partial charge in [-0.3, -0.25) is 0 Å². The maximum absolute atomic E-state index is 3.65. The Morgan fingerprint density at radius 1 is 1.35 bits per heavy atom. The molecule has 0 radical (unpaired) electrons. The molecule has 1 saturated heterocycles. The standard InChI is InChI=1S/C14H29BrN2/c1-4-5-14(10-15)12-17(3)11-13-6-8-16(2)9-7-13/h13-14H,4-12H2,1-3H3. The number of nitrogens with zero attached hydrogens (tertiary/aromatic N) is 2. The molecule has 1 heterocycles. The largest absolute Gasteiger partial charge is 0.306 e. The van der Waals surface area contributed by atoms with Crippen LogP contribution in [0.2, 0.25) is 0 Å². The number of hydrogen-bond donors (Lipinski definition) is 0. The molecule has 0 aromatic heterocycles. The average Bonchev–Trinajstić information content (AvgIpc) is 2.31. The van der Waals surface area contributed by atoms with Gasteiger partial charge in [-0.1, -0.05) is 29.3 Å². The topological polar surface area (TPSA) is 6.48 Å². The maximum atomic E-state index is 3.65. The second-order valence-electron chi connectivity index (χ2n) is 5.78. The molecule has 0 amide bonds. The van der Waals surface area contributed by atoms with E-state index in [0.717, 1.165) is 17.2 Å². The molecule has 2 nitrogen and oxygen atoms in total. The Balaban J connectivity index is 2.21. The lowest BCUT2D eigenvalue weighted by Crippen LogP contribution is -2.37. The second kappa shape index (κ2) is 8.49. The Kier molecular flexibility index (Phi) is 7.72. The number of alkyl halides is 1. The minimum absolute atomic E-state index is 0.830. The molecule has 3 heteroatoms. The van der Waals surface area contributed by atoms with Crippen molar-refractivity contribution in [3.63, 3.8) is 0 Å². The predicted molar refractivity (Wildman–Crippen MR) is 79.9 cm³/mol. The highest BCUT2D eigenvalue weighted by Crippen LogP contribution is 2.18. The minimum atomic E-state index is 0.830. The minimum Gasteiger partial charge on any atom is -0.306 e. The van der Waals surface area contributed by atoms with Crippen LogP contribution in [0.4, 0.5) is 0 Å². The lowest BCUT2D eigenvalue weighted by atomic mass is 9.96. The smallest absolute Gasteiger partial charge is 0.00718 e. The van der Waals surface area contributed by atoms with Crippen molar-refractivity contribution in [3.8, 4) is 0 Å². The molecule has 1 aliphatic heterocycles. The summed E-state index contributed by atoms with van der Waals surface area (Å²) < 4.78 is 0. The van der Waals surface area contributed by atoms with Gasteiger partial charge in [0, 0.05) is 18.4 Å². The van der Waals surface area contributed by atoms with Crippen LogP contribution >= 0.6 is 15.9 Å². The van der Waals surface area contributed by atoms with Crippen molar-refractivity contribution in [3.05, 3.63) is 0 Å². The fourth-order valence-electron chi connectivity index (χ4n) is 2.83. The molecule has 1 aliphatic rings. The zero-order valence-corrected chi connectivity index (χ0v) is 13.4. The number of piperidine rings is 1. The van der Waals surface area contributed by atoms with Crippen molar-refractivity contribution >= 4 is 15.9 Å². The first-order valence-corrected chi connectivity index (χ1v) is 8.20. The van der Waals surface area contributed by atoms with Crippen LogP contribution in [0, 0.1) is 11.8 Å². The van der Waals surface area contributed by atoms with E-state index in [9.17, 15) is 0 Å². The molecule has 0 aromatic rings. The molecule has 0 aromatic carbocycles. The van der Waals surface area contributed by atoms with E-state index in [-0.39, 0.29) is 0 Å². The summed E-state index contributed by atoms with van der Waals surface area (Å²) in [6, 6.07) is 0. The Bertz CT molecular complexity index is 191. The normalized spacial score (nSPS) is 21.0. The van der Waals surface area contributed by atoms with E-state index in [1.165, 1.54) is 51.9 Å². The summed E-state index contributed by atoms with van der Waals surface area (Å²) in [5, 5.41) is 1.15. The van der Waals surface area contributed by atoms with Gasteiger partial charge in [-0.05, 0) is 58.3 Å². The fourth-order valence-corrected chi connectivity index (χ4v) is 3.35. The van der Waals surface area contributed by atoms with E-state index >= 15 is 0 Å². The van der Waals surface area contributed by atoms with Gasteiger partial charge in [0.05, 0.1) is 0 Å². The van der Waals surface area contributed by atoms with E-state index in [1.807, 2.05) is 0 Å². The Labute approximate surface area is 116 Å². The molecule has 0 bridgehead atoms. The van der Waals surface area contributed by atoms with Crippen LogP contribution in [0.3, 0.4) is 0 Å². The molecule has 1 fully saturated rings. The van der Waals surface area contributed by atoms with Crippen LogP contribution in [0.5, 0.6) is 0 Å². The quantitative estimate of drug-likeness (QED) is 0.667. The highest BCUT2D eigenvalue weighted by molar-refractivity contribution is 9.09. The van der Waals surface area contributed by atoms with Gasteiger partial charge < -0.3 is 9.80 Å². The third kappa shape index (κ3) is 6.21. The molecule has 0 spiro atoms. The maximum Gasteiger partial charge on any atom is 0.00718 e. The van der Waals surface area contributed by atoms with Crippen LogP contribution < -0.4 is 0 Å². The molecule has 0 N–H and O–H groups in total. The van der Waals surface area contributed by atoms with E-state index in [0.29, 0.717) is 0 Å². The molecule has 1 atom stereocenters. The Morgan fingerprint density at radius 2 is 2.00 bits per heavy atom. The average molecular weight is 305 g/mol. The van der Waals surface area contributed by atoms with Crippen molar-refractivity contribution < 1.29 is 0 Å². The van der Waals surface area contributed by atoms with Crippen molar-refractivity contribution in [2.24, 2.45) is 11.8 Å². The van der Waals surface area contributed by atoms with Gasteiger partial charge >= 0.3 is 0 Å². The van der Waals surface area contributed by atoms with Gasteiger partial charge in [-0.25, -0.2) is 0 Å². The summed E-state index contributed by atoms with van der Waals surface area (Å²) in [7, 11) is 4.53. The number of hydrogen-bond acceptors (Lipinski definition) is 2. The molecular weight excluding hydrogens is 276 g/mol. The van der Waals surface area contributed by atoms with E-state index in [1.54, 1.807) is 0 Å². The molecule has 1 rings (SSSR count). The number of rotatable bonds is 7. The highest BCUT2D eigenvalue weighted by atomic mass is 79.9. The molecule has 17 heavy (non-hydrogen) atoms. The van der Waals surface area contributed by atoms with E-state index in [4.69, 9.17) is 0 Å². The van der Waals surface area contributed by atoms with Gasteiger partial charge in [-0.2, -0.15) is 0 Å². The Morgan fingerprint density at radius 3 is 2.53 bits per heavy atom. The summed E-state index contributed by atoms with van der Waals surface area (Å²) in [6.07, 6.45) is 5.42. The second-order valence-corrected chi connectivity index (χ2v) is 6.42. The van der Waals surface area contributed by atoms with Gasteiger partial charge in [-0.15, -0.1) is 0 Å². The van der Waals surface area contributed by atoms with Crippen LogP contribution in [-0.2, 0) is 0 Å². The third-order valence-corrected chi connectivity index (χ3v) is 4.81. The fraction of sp³-hybridized carbons (Fsp3) is 1.00. The molecule has 102 valence electrons. The van der Waals surface area contributed by atoms with Gasteiger partial charge in [0.2, 0.25) is 0 Å². The van der Waals surface area contributed by atoms with Crippen LogP contribution in [-0.4, -0.2) is 55.4 Å². The summed E-state index contributed by atoms with van der Waals surface area (Å²) in [4.78, 5) is 5.01. The lowest BCUT2D eigenvalue weighted by molar-refractivity contribution is 0.166. The van der Waals surface area contributed by atoms with Gasteiger partial charge in [0.15, 0.2) is 0 Å².